The number of hydrogen-bond donors (Lipinski definition) is 1. The summed E-state index contributed by atoms with van der Waals surface area (Å²) in [5.41, 5.74) is 3.43. The van der Waals surface area contributed by atoms with Crippen molar-refractivity contribution in [3.05, 3.63) is 78.6 Å². The molecule has 0 bridgehead atoms. The number of aromatic nitrogens is 2. The number of rotatable bonds is 4. The van der Waals surface area contributed by atoms with Crippen molar-refractivity contribution in [3.63, 3.8) is 0 Å². The van der Waals surface area contributed by atoms with Gasteiger partial charge in [-0.25, -0.2) is 9.97 Å². The Morgan fingerprint density at radius 1 is 0.917 bits per heavy atom. The highest BCUT2D eigenvalue weighted by Gasteiger charge is 2.12. The molecule has 0 aliphatic rings. The molecule has 2 heterocycles. The molecule has 0 saturated carbocycles. The van der Waals surface area contributed by atoms with Crippen molar-refractivity contribution in [2.75, 3.05) is 5.32 Å². The van der Waals surface area contributed by atoms with Gasteiger partial charge < -0.3 is 5.32 Å². The van der Waals surface area contributed by atoms with Crippen LogP contribution in [0.25, 0.3) is 20.7 Å². The molecule has 2 aromatic heterocycles. The van der Waals surface area contributed by atoms with Crippen LogP contribution in [-0.2, 0) is 0 Å². The molecule has 24 heavy (non-hydrogen) atoms. The maximum absolute atomic E-state index is 4.47. The lowest BCUT2D eigenvalue weighted by molar-refractivity contribution is 0.876. The Balaban J connectivity index is 1.70. The highest BCUT2D eigenvalue weighted by atomic mass is 32.1. The summed E-state index contributed by atoms with van der Waals surface area (Å²) in [6.45, 7) is 2.15. The van der Waals surface area contributed by atoms with Gasteiger partial charge in [0.15, 0.2) is 0 Å². The molecule has 0 radical (unpaired) electrons. The third kappa shape index (κ3) is 2.88. The van der Waals surface area contributed by atoms with Crippen molar-refractivity contribution in [1.82, 2.24) is 9.97 Å². The first-order valence-electron chi connectivity index (χ1n) is 7.93. The van der Waals surface area contributed by atoms with Gasteiger partial charge in [0, 0.05) is 10.9 Å². The number of nitrogens with one attached hydrogen (secondary N) is 1. The number of fused-ring (bicyclic) bond motifs is 1. The molecule has 3 nitrogen and oxygen atoms in total. The first-order chi connectivity index (χ1) is 11.8. The normalized spacial score (nSPS) is 12.2. The Bertz CT molecular complexity index is 948. The van der Waals surface area contributed by atoms with Crippen LogP contribution in [0.1, 0.15) is 18.5 Å². The Morgan fingerprint density at radius 3 is 2.38 bits per heavy atom. The van der Waals surface area contributed by atoms with Gasteiger partial charge in [0.1, 0.15) is 12.1 Å². The molecule has 1 atom stereocenters. The zero-order valence-corrected chi connectivity index (χ0v) is 14.1. The molecule has 4 rings (SSSR count). The SMILES string of the molecule is CC(Nc1ncnc2cc(-c3ccccc3)sc12)c1ccccc1. The molecule has 0 aliphatic carbocycles. The smallest absolute Gasteiger partial charge is 0.147 e. The average molecular weight is 331 g/mol. The second-order valence-electron chi connectivity index (χ2n) is 5.69. The second-order valence-corrected chi connectivity index (χ2v) is 6.74. The van der Waals surface area contributed by atoms with Gasteiger partial charge in [0.05, 0.1) is 10.2 Å². The summed E-state index contributed by atoms with van der Waals surface area (Å²) in [7, 11) is 0. The maximum atomic E-state index is 4.47. The summed E-state index contributed by atoms with van der Waals surface area (Å²) in [5, 5.41) is 3.53. The third-order valence-corrected chi connectivity index (χ3v) is 5.20. The first-order valence-corrected chi connectivity index (χ1v) is 8.74. The zero-order chi connectivity index (χ0) is 16.4. The molecule has 118 valence electrons. The van der Waals surface area contributed by atoms with E-state index in [1.807, 2.05) is 12.1 Å². The molecule has 2 aromatic carbocycles. The largest absolute Gasteiger partial charge is 0.362 e. The number of hydrogen-bond acceptors (Lipinski definition) is 4. The molecule has 1 unspecified atom stereocenters. The lowest BCUT2D eigenvalue weighted by Crippen LogP contribution is -2.07. The Kier molecular flexibility index (Phi) is 3.97. The summed E-state index contributed by atoms with van der Waals surface area (Å²) in [4.78, 5) is 10.1. The monoisotopic (exact) mass is 331 g/mol. The van der Waals surface area contributed by atoms with Crippen molar-refractivity contribution < 1.29 is 0 Å². The number of nitrogens with zero attached hydrogens (tertiary/aromatic N) is 2. The van der Waals surface area contributed by atoms with Gasteiger partial charge in [-0.2, -0.15) is 0 Å². The summed E-state index contributed by atoms with van der Waals surface area (Å²) in [6.07, 6.45) is 1.63. The van der Waals surface area contributed by atoms with Crippen LogP contribution in [0.5, 0.6) is 0 Å². The van der Waals surface area contributed by atoms with Crippen LogP contribution < -0.4 is 5.32 Å². The van der Waals surface area contributed by atoms with Gasteiger partial charge in [0.2, 0.25) is 0 Å². The predicted octanol–water partition coefficient (Wildman–Crippen LogP) is 5.53. The minimum atomic E-state index is 0.187. The highest BCUT2D eigenvalue weighted by Crippen LogP contribution is 2.36. The Hall–Kier alpha value is -2.72. The van der Waals surface area contributed by atoms with E-state index in [-0.39, 0.29) is 6.04 Å². The average Bonchev–Trinajstić information content (AvgIpc) is 3.08. The topological polar surface area (TPSA) is 37.8 Å². The van der Waals surface area contributed by atoms with E-state index in [4.69, 9.17) is 0 Å². The Morgan fingerprint density at radius 2 is 1.62 bits per heavy atom. The van der Waals surface area contributed by atoms with E-state index in [0.29, 0.717) is 0 Å². The minimum absolute atomic E-state index is 0.187. The van der Waals surface area contributed by atoms with Crippen LogP contribution in [0.2, 0.25) is 0 Å². The maximum Gasteiger partial charge on any atom is 0.147 e. The lowest BCUT2D eigenvalue weighted by Gasteiger charge is -2.15. The lowest BCUT2D eigenvalue weighted by atomic mass is 10.1. The van der Waals surface area contributed by atoms with Crippen molar-refractivity contribution in [2.24, 2.45) is 0 Å². The van der Waals surface area contributed by atoms with Crippen molar-refractivity contribution in [1.29, 1.82) is 0 Å². The van der Waals surface area contributed by atoms with E-state index < -0.39 is 0 Å². The molecule has 4 heteroatoms. The number of benzene rings is 2. The van der Waals surface area contributed by atoms with E-state index in [0.717, 1.165) is 16.0 Å². The van der Waals surface area contributed by atoms with Gasteiger partial charge >= 0.3 is 0 Å². The fraction of sp³-hybridized carbons (Fsp3) is 0.100. The standard InChI is InChI=1S/C20H17N3S/c1-14(15-8-4-2-5-9-15)23-20-19-17(21-13-22-20)12-18(24-19)16-10-6-3-7-11-16/h2-14H,1H3,(H,21,22,23). The molecular weight excluding hydrogens is 314 g/mol. The van der Waals surface area contributed by atoms with Gasteiger partial charge in [-0.15, -0.1) is 11.3 Å². The van der Waals surface area contributed by atoms with Crippen LogP contribution in [-0.4, -0.2) is 9.97 Å². The van der Waals surface area contributed by atoms with E-state index in [9.17, 15) is 0 Å². The predicted molar refractivity (Wildman–Crippen MR) is 101 cm³/mol. The molecule has 0 aliphatic heterocycles. The Labute approximate surface area is 145 Å². The van der Waals surface area contributed by atoms with Gasteiger partial charge in [0.25, 0.3) is 0 Å². The highest BCUT2D eigenvalue weighted by molar-refractivity contribution is 7.22. The van der Waals surface area contributed by atoms with Crippen LogP contribution in [0, 0.1) is 0 Å². The molecule has 0 amide bonds. The van der Waals surface area contributed by atoms with Gasteiger partial charge in [-0.3, -0.25) is 0 Å². The second kappa shape index (κ2) is 6.42. The molecular formula is C20H17N3S. The van der Waals surface area contributed by atoms with Crippen molar-refractivity contribution in [3.8, 4) is 10.4 Å². The summed E-state index contributed by atoms with van der Waals surface area (Å²) < 4.78 is 1.10. The van der Waals surface area contributed by atoms with E-state index in [1.165, 1.54) is 16.0 Å². The fourth-order valence-corrected chi connectivity index (χ4v) is 3.80. The zero-order valence-electron chi connectivity index (χ0n) is 13.3. The quantitative estimate of drug-likeness (QED) is 0.534. The van der Waals surface area contributed by atoms with Gasteiger partial charge in [-0.05, 0) is 24.1 Å². The summed E-state index contributed by atoms with van der Waals surface area (Å²) in [5.74, 6) is 0.892. The molecule has 1 N–H and O–H groups in total. The number of thiophene rings is 1. The van der Waals surface area contributed by atoms with Crippen LogP contribution in [0.3, 0.4) is 0 Å². The molecule has 0 spiro atoms. The minimum Gasteiger partial charge on any atom is -0.362 e. The third-order valence-electron chi connectivity index (χ3n) is 4.02. The fourth-order valence-electron chi connectivity index (χ4n) is 2.73. The van der Waals surface area contributed by atoms with Crippen molar-refractivity contribution >= 4 is 27.4 Å². The summed E-state index contributed by atoms with van der Waals surface area (Å²) >= 11 is 1.73. The van der Waals surface area contributed by atoms with Crippen LogP contribution in [0.15, 0.2) is 73.1 Å². The number of anilines is 1. The van der Waals surface area contributed by atoms with Crippen LogP contribution in [0.4, 0.5) is 5.82 Å². The first kappa shape index (κ1) is 14.8. The summed E-state index contributed by atoms with van der Waals surface area (Å²) in [6, 6.07) is 23.1. The van der Waals surface area contributed by atoms with E-state index in [1.54, 1.807) is 17.7 Å². The van der Waals surface area contributed by atoms with E-state index in [2.05, 4.69) is 76.8 Å². The van der Waals surface area contributed by atoms with Gasteiger partial charge in [-0.1, -0.05) is 60.7 Å². The molecule has 4 aromatic rings. The van der Waals surface area contributed by atoms with Crippen LogP contribution >= 0.6 is 11.3 Å². The van der Waals surface area contributed by atoms with E-state index >= 15 is 0 Å². The molecule has 0 saturated heterocycles. The van der Waals surface area contributed by atoms with Crippen molar-refractivity contribution in [2.45, 2.75) is 13.0 Å². The molecule has 0 fully saturated rings.